The molecule has 0 aliphatic carbocycles. The molecule has 190 valence electrons. The lowest BCUT2D eigenvalue weighted by Gasteiger charge is -2.32. The first-order valence-electron chi connectivity index (χ1n) is 12.1. The lowest BCUT2D eigenvalue weighted by Crippen LogP contribution is -2.44. The number of rotatable bonds is 12. The van der Waals surface area contributed by atoms with Crippen molar-refractivity contribution in [3.8, 4) is 0 Å². The molecule has 7 heteroatoms. The van der Waals surface area contributed by atoms with Crippen molar-refractivity contribution in [2.75, 3.05) is 13.2 Å². The number of amides is 2. The molecule has 0 aliphatic heterocycles. The second kappa shape index (κ2) is 14.0. The molecule has 0 aromatic heterocycles. The van der Waals surface area contributed by atoms with Crippen molar-refractivity contribution in [2.24, 2.45) is 0 Å². The molecule has 1 N–H and O–H groups in total. The first-order valence-corrected chi connectivity index (χ1v) is 12.8. The van der Waals surface area contributed by atoms with Gasteiger partial charge in [0, 0.05) is 29.7 Å². The molecule has 5 nitrogen and oxygen atoms in total. The summed E-state index contributed by atoms with van der Waals surface area (Å²) in [7, 11) is 0. The zero-order chi connectivity index (χ0) is 25.9. The Labute approximate surface area is 223 Å². The zero-order valence-corrected chi connectivity index (χ0v) is 22.1. The summed E-state index contributed by atoms with van der Waals surface area (Å²) in [6.45, 7) is 5.22. The van der Waals surface area contributed by atoms with Crippen molar-refractivity contribution < 1.29 is 14.3 Å². The molecule has 1 atom stereocenters. The van der Waals surface area contributed by atoms with Crippen LogP contribution in [0.2, 0.25) is 10.0 Å². The van der Waals surface area contributed by atoms with E-state index >= 15 is 0 Å². The highest BCUT2D eigenvalue weighted by Gasteiger charge is 2.31. The van der Waals surface area contributed by atoms with Gasteiger partial charge in [-0.05, 0) is 61.2 Å². The minimum atomic E-state index is -0.798. The Morgan fingerprint density at radius 2 is 1.44 bits per heavy atom. The molecular formula is C29H32Cl2N2O3. The van der Waals surface area contributed by atoms with E-state index in [1.165, 1.54) is 0 Å². The van der Waals surface area contributed by atoms with Crippen molar-refractivity contribution in [3.63, 3.8) is 0 Å². The van der Waals surface area contributed by atoms with Crippen LogP contribution in [0.25, 0.3) is 0 Å². The van der Waals surface area contributed by atoms with Crippen molar-refractivity contribution in [1.29, 1.82) is 0 Å². The Morgan fingerprint density at radius 1 is 0.861 bits per heavy atom. The van der Waals surface area contributed by atoms with Crippen LogP contribution < -0.4 is 5.32 Å². The molecule has 0 bridgehead atoms. The van der Waals surface area contributed by atoms with Crippen LogP contribution in [0.15, 0.2) is 78.9 Å². The van der Waals surface area contributed by atoms with E-state index in [2.05, 4.69) is 5.32 Å². The van der Waals surface area contributed by atoms with Crippen molar-refractivity contribution in [3.05, 3.63) is 106 Å². The summed E-state index contributed by atoms with van der Waals surface area (Å²) >= 11 is 12.1. The summed E-state index contributed by atoms with van der Waals surface area (Å²) < 4.78 is 5.58. The Balaban J connectivity index is 1.88. The normalized spacial score (nSPS) is 11.8. The smallest absolute Gasteiger partial charge is 0.247 e. The summed E-state index contributed by atoms with van der Waals surface area (Å²) in [6, 6.07) is 23.1. The third-order valence-electron chi connectivity index (χ3n) is 5.60. The van der Waals surface area contributed by atoms with Crippen LogP contribution in [0, 0.1) is 0 Å². The number of hydrogen-bond acceptors (Lipinski definition) is 3. The summed E-state index contributed by atoms with van der Waals surface area (Å²) in [5, 5.41) is 4.22. The highest BCUT2D eigenvalue weighted by molar-refractivity contribution is 6.30. The van der Waals surface area contributed by atoms with Gasteiger partial charge in [-0.2, -0.15) is 0 Å². The fraction of sp³-hybridized carbons (Fsp3) is 0.310. The predicted octanol–water partition coefficient (Wildman–Crippen LogP) is 6.24. The number of carbonyl (C=O) groups is 2. The average Bonchev–Trinajstić information content (AvgIpc) is 2.86. The maximum Gasteiger partial charge on any atom is 0.247 e. The molecule has 0 radical (unpaired) electrons. The highest BCUT2D eigenvalue weighted by atomic mass is 35.5. The molecule has 2 amide bonds. The molecule has 3 aromatic rings. The molecule has 0 unspecified atom stereocenters. The molecule has 0 aliphatic rings. The largest absolute Gasteiger partial charge is 0.379 e. The second-order valence-corrected chi connectivity index (χ2v) is 9.70. The van der Waals surface area contributed by atoms with Crippen molar-refractivity contribution in [2.45, 2.75) is 45.4 Å². The van der Waals surface area contributed by atoms with E-state index in [4.69, 9.17) is 27.9 Å². The first kappa shape index (κ1) is 27.7. The number of nitrogens with zero attached hydrogens (tertiary/aromatic N) is 1. The topological polar surface area (TPSA) is 58.6 Å². The maximum absolute atomic E-state index is 13.7. The number of hydrogen-bond donors (Lipinski definition) is 1. The van der Waals surface area contributed by atoms with E-state index in [0.29, 0.717) is 29.6 Å². The van der Waals surface area contributed by atoms with Crippen LogP contribution in [0.1, 0.15) is 43.0 Å². The van der Waals surface area contributed by atoms with Gasteiger partial charge in [0.2, 0.25) is 11.8 Å². The monoisotopic (exact) mass is 526 g/mol. The van der Waals surface area contributed by atoms with E-state index < -0.39 is 6.04 Å². The lowest BCUT2D eigenvalue weighted by molar-refractivity contribution is -0.141. The van der Waals surface area contributed by atoms with Crippen LogP contribution in [-0.4, -0.2) is 36.0 Å². The van der Waals surface area contributed by atoms with Crippen LogP contribution in [0.5, 0.6) is 0 Å². The van der Waals surface area contributed by atoms with Gasteiger partial charge in [-0.1, -0.05) is 77.8 Å². The van der Waals surface area contributed by atoms with Crippen LogP contribution in [0.4, 0.5) is 0 Å². The van der Waals surface area contributed by atoms with Crippen LogP contribution in [0.3, 0.4) is 0 Å². The number of halogens is 2. The number of ether oxygens (including phenoxy) is 1. The van der Waals surface area contributed by atoms with Crippen LogP contribution >= 0.6 is 23.2 Å². The summed E-state index contributed by atoms with van der Waals surface area (Å²) in [4.78, 5) is 28.9. The van der Waals surface area contributed by atoms with E-state index in [0.717, 1.165) is 16.7 Å². The first-order chi connectivity index (χ1) is 17.3. The molecule has 36 heavy (non-hydrogen) atoms. The van der Waals surface area contributed by atoms with Gasteiger partial charge in [-0.15, -0.1) is 0 Å². The second-order valence-electron chi connectivity index (χ2n) is 8.83. The summed E-state index contributed by atoms with van der Waals surface area (Å²) in [6.07, 6.45) is 0.961. The van der Waals surface area contributed by atoms with Crippen LogP contribution in [-0.2, 0) is 27.3 Å². The van der Waals surface area contributed by atoms with Gasteiger partial charge in [0.05, 0.1) is 12.5 Å². The summed E-state index contributed by atoms with van der Waals surface area (Å²) in [5.41, 5.74) is 2.44. The quantitative estimate of drug-likeness (QED) is 0.284. The molecule has 0 fully saturated rings. The van der Waals surface area contributed by atoms with E-state index in [9.17, 15) is 9.59 Å². The number of carbonyl (C=O) groups excluding carboxylic acids is 2. The van der Waals surface area contributed by atoms with E-state index in [1.807, 2.05) is 68.4 Å². The average molecular weight is 527 g/mol. The van der Waals surface area contributed by atoms with Gasteiger partial charge in [-0.3, -0.25) is 9.59 Å². The molecular weight excluding hydrogens is 495 g/mol. The maximum atomic E-state index is 13.7. The molecule has 3 aromatic carbocycles. The van der Waals surface area contributed by atoms with E-state index in [1.54, 1.807) is 29.2 Å². The zero-order valence-electron chi connectivity index (χ0n) is 20.6. The lowest BCUT2D eigenvalue weighted by atomic mass is 10.0. The third-order valence-corrected chi connectivity index (χ3v) is 6.11. The minimum absolute atomic E-state index is 0.137. The van der Waals surface area contributed by atoms with Gasteiger partial charge < -0.3 is 15.0 Å². The van der Waals surface area contributed by atoms with Gasteiger partial charge in [0.15, 0.2) is 0 Å². The molecule has 0 saturated carbocycles. The van der Waals surface area contributed by atoms with Gasteiger partial charge in [-0.25, -0.2) is 0 Å². The van der Waals surface area contributed by atoms with E-state index in [-0.39, 0.29) is 30.9 Å². The number of benzene rings is 3. The van der Waals surface area contributed by atoms with Gasteiger partial charge in [0.1, 0.15) is 6.04 Å². The Bertz CT molecular complexity index is 1100. The SMILES string of the molecule is CC(C)OCCCNC(=O)[C@H](c1ccccc1)N(Cc1ccc(Cl)cc1)C(=O)Cc1ccc(Cl)cc1. The van der Waals surface area contributed by atoms with Gasteiger partial charge in [0.25, 0.3) is 0 Å². The molecule has 0 saturated heterocycles. The minimum Gasteiger partial charge on any atom is -0.379 e. The Morgan fingerprint density at radius 3 is 2.03 bits per heavy atom. The molecule has 3 rings (SSSR count). The Hall–Kier alpha value is -2.86. The third kappa shape index (κ3) is 8.66. The number of nitrogens with one attached hydrogen (secondary N) is 1. The standard InChI is InChI=1S/C29H32Cl2N2O3/c1-21(2)36-18-6-17-32-29(35)28(24-7-4-3-5-8-24)33(20-23-11-15-26(31)16-12-23)27(34)19-22-9-13-25(30)14-10-22/h3-5,7-16,21,28H,6,17-20H2,1-2H3,(H,32,35)/t28-/m0/s1. The fourth-order valence-electron chi connectivity index (χ4n) is 3.80. The van der Waals surface area contributed by atoms with Crippen molar-refractivity contribution in [1.82, 2.24) is 10.2 Å². The van der Waals surface area contributed by atoms with Gasteiger partial charge >= 0.3 is 0 Å². The fourth-order valence-corrected chi connectivity index (χ4v) is 4.05. The molecule has 0 spiro atoms. The summed E-state index contributed by atoms with van der Waals surface area (Å²) in [5.74, 6) is -0.399. The molecule has 0 heterocycles. The van der Waals surface area contributed by atoms with Crippen molar-refractivity contribution >= 4 is 35.0 Å². The Kier molecular flexibility index (Phi) is 10.8. The predicted molar refractivity (Wildman–Crippen MR) is 145 cm³/mol. The highest BCUT2D eigenvalue weighted by Crippen LogP contribution is 2.25.